The molecular formula is C44H72O18. The van der Waals surface area contributed by atoms with Crippen LogP contribution in [0.1, 0.15) is 92.4 Å². The van der Waals surface area contributed by atoms with Gasteiger partial charge in [0.1, 0.15) is 61.0 Å². The monoisotopic (exact) mass is 888 g/mol. The third kappa shape index (κ3) is 8.06. The largest absolute Gasteiger partial charge is 0.396 e. The van der Waals surface area contributed by atoms with Crippen LogP contribution in [0.25, 0.3) is 0 Å². The van der Waals surface area contributed by atoms with E-state index in [9.17, 15) is 56.2 Å². The van der Waals surface area contributed by atoms with Crippen molar-refractivity contribution >= 4 is 0 Å². The summed E-state index contributed by atoms with van der Waals surface area (Å²) in [6, 6.07) is 0. The van der Waals surface area contributed by atoms with Gasteiger partial charge in [0.05, 0.1) is 24.9 Å². The summed E-state index contributed by atoms with van der Waals surface area (Å²) in [5.41, 5.74) is 1.21. The fourth-order valence-electron chi connectivity index (χ4n) is 13.3. The summed E-state index contributed by atoms with van der Waals surface area (Å²) < 4.78 is 42.3. The SMILES string of the molecule is CC1O[C@@H](O[C@H]2C(O)[C@H](O[C@@H]3OC(O)[C@H](O)C(O)[C@@H]3O)C(CO)O[C@H]2OC2CC[C@@]3(C)C(=CC[C@H]4[C@@H]5CC6OC(O)(CC[C@@H](C)CO)[C@@H](C)[C@@H]6[C@@]5(C)CC[C@@H]43)C2)[C@@H](O)C(O)[C@H]1O. The summed E-state index contributed by atoms with van der Waals surface area (Å²) in [4.78, 5) is 0. The van der Waals surface area contributed by atoms with E-state index >= 15 is 0 Å². The Hall–Kier alpha value is -0.980. The Morgan fingerprint density at radius 3 is 2.13 bits per heavy atom. The van der Waals surface area contributed by atoms with Crippen molar-refractivity contribution in [3.05, 3.63) is 11.6 Å². The van der Waals surface area contributed by atoms with Gasteiger partial charge in [-0.15, -0.1) is 0 Å². The molecule has 4 aliphatic heterocycles. The van der Waals surface area contributed by atoms with Gasteiger partial charge in [-0.05, 0) is 98.7 Å². The normalized spacial score (nSPS) is 55.7. The highest BCUT2D eigenvalue weighted by atomic mass is 16.8. The fraction of sp³-hybridized carbons (Fsp3) is 0.955. The minimum absolute atomic E-state index is 0.00716. The zero-order valence-electron chi connectivity index (χ0n) is 36.4. The Morgan fingerprint density at radius 2 is 1.44 bits per heavy atom. The van der Waals surface area contributed by atoms with Gasteiger partial charge in [-0.3, -0.25) is 0 Å². The van der Waals surface area contributed by atoms with E-state index in [2.05, 4.69) is 26.8 Å². The molecule has 9 unspecified atom stereocenters. The second kappa shape index (κ2) is 17.9. The molecule has 0 aromatic rings. The highest BCUT2D eigenvalue weighted by Gasteiger charge is 2.68. The third-order valence-electron chi connectivity index (χ3n) is 17.1. The maximum absolute atomic E-state index is 11.9. The lowest BCUT2D eigenvalue weighted by molar-refractivity contribution is -0.397. The topological polar surface area (TPSA) is 287 Å². The first kappa shape index (κ1) is 47.5. The van der Waals surface area contributed by atoms with Crippen LogP contribution in [0.3, 0.4) is 0 Å². The second-order valence-corrected chi connectivity index (χ2v) is 20.6. The van der Waals surface area contributed by atoms with Crippen LogP contribution < -0.4 is 0 Å². The predicted octanol–water partition coefficient (Wildman–Crippen LogP) is -0.874. The first-order valence-electron chi connectivity index (χ1n) is 22.9. The molecule has 11 N–H and O–H groups in total. The van der Waals surface area contributed by atoms with Crippen LogP contribution in [0.15, 0.2) is 11.6 Å². The first-order chi connectivity index (χ1) is 29.3. The lowest BCUT2D eigenvalue weighted by Crippen LogP contribution is -2.66. The fourth-order valence-corrected chi connectivity index (χ4v) is 13.3. The molecule has 8 rings (SSSR count). The molecule has 8 aliphatic rings. The summed E-state index contributed by atoms with van der Waals surface area (Å²) in [6.07, 6.45) is -15.3. The Morgan fingerprint density at radius 1 is 0.758 bits per heavy atom. The summed E-state index contributed by atoms with van der Waals surface area (Å²) in [5.74, 6) is 0.486. The third-order valence-corrected chi connectivity index (χ3v) is 17.1. The lowest BCUT2D eigenvalue weighted by Gasteiger charge is -2.58. The van der Waals surface area contributed by atoms with Crippen molar-refractivity contribution in [2.75, 3.05) is 13.2 Å². The first-order valence-corrected chi connectivity index (χ1v) is 22.9. The Labute approximate surface area is 362 Å². The molecule has 26 atom stereocenters. The van der Waals surface area contributed by atoms with Gasteiger partial charge in [0.25, 0.3) is 0 Å². The Kier molecular flexibility index (Phi) is 13.7. The van der Waals surface area contributed by atoms with E-state index in [-0.39, 0.29) is 41.3 Å². The molecule has 18 nitrogen and oxygen atoms in total. The number of fused-ring (bicyclic) bond motifs is 7. The number of hydrogen-bond donors (Lipinski definition) is 11. The van der Waals surface area contributed by atoms with E-state index in [0.29, 0.717) is 43.4 Å². The molecule has 3 saturated carbocycles. The molecule has 62 heavy (non-hydrogen) atoms. The van der Waals surface area contributed by atoms with Gasteiger partial charge in [0, 0.05) is 18.9 Å². The van der Waals surface area contributed by atoms with Crippen molar-refractivity contribution in [3.8, 4) is 0 Å². The van der Waals surface area contributed by atoms with Gasteiger partial charge < -0.3 is 89.3 Å². The molecular weight excluding hydrogens is 816 g/mol. The van der Waals surface area contributed by atoms with E-state index in [1.807, 2.05) is 6.92 Å². The molecule has 356 valence electrons. The molecule has 4 saturated heterocycles. The van der Waals surface area contributed by atoms with Crippen LogP contribution in [0.2, 0.25) is 0 Å². The van der Waals surface area contributed by atoms with Crippen LogP contribution >= 0.6 is 0 Å². The van der Waals surface area contributed by atoms with Gasteiger partial charge in [-0.2, -0.15) is 0 Å². The van der Waals surface area contributed by atoms with Crippen molar-refractivity contribution in [1.29, 1.82) is 0 Å². The van der Waals surface area contributed by atoms with Gasteiger partial charge >= 0.3 is 0 Å². The molecule has 0 amide bonds. The van der Waals surface area contributed by atoms with Crippen molar-refractivity contribution in [3.63, 3.8) is 0 Å². The molecule has 7 fully saturated rings. The van der Waals surface area contributed by atoms with Crippen molar-refractivity contribution in [2.45, 2.75) is 203 Å². The van der Waals surface area contributed by atoms with Gasteiger partial charge in [-0.25, -0.2) is 0 Å². The number of rotatable bonds is 11. The molecule has 0 radical (unpaired) electrons. The van der Waals surface area contributed by atoms with Crippen LogP contribution in [0, 0.1) is 46.3 Å². The van der Waals surface area contributed by atoms with Crippen molar-refractivity contribution in [1.82, 2.24) is 0 Å². The van der Waals surface area contributed by atoms with E-state index in [4.69, 9.17) is 33.2 Å². The lowest BCUT2D eigenvalue weighted by atomic mass is 9.47. The second-order valence-electron chi connectivity index (χ2n) is 20.6. The molecule has 4 aliphatic carbocycles. The van der Waals surface area contributed by atoms with Gasteiger partial charge in [0.2, 0.25) is 0 Å². The van der Waals surface area contributed by atoms with E-state index < -0.39 is 111 Å². The molecule has 0 bridgehead atoms. The smallest absolute Gasteiger partial charge is 0.189 e. The standard InChI is InChI=1S/C44H72O18/c1-18(16-45)8-13-44(55)19(2)28-26(62-44)15-25-23-7-6-21-14-22(9-11-42(21,4)24(23)10-12-43(25,28)5)57-41-37(60-39-33(51)30(48)29(47)20(3)56-39)35(53)36(27(17-46)58-41)59-40-34(52)31(49)32(50)38(54)61-40/h6,18-20,22-41,45-55H,7-17H2,1-5H3/t18-,19+,20?,22?,23-,24+,25+,26?,27?,28+,29+,30?,31?,32-,33+,34+,35?,36-,37+,38?,39+,40-,41-,42+,43+,44?/m1/s1. The number of hydrogen-bond acceptors (Lipinski definition) is 18. The Balaban J connectivity index is 0.982. The van der Waals surface area contributed by atoms with Crippen LogP contribution in [-0.2, 0) is 33.2 Å². The average Bonchev–Trinajstić information content (AvgIpc) is 3.68. The van der Waals surface area contributed by atoms with E-state index in [0.717, 1.165) is 32.1 Å². The molecule has 4 heterocycles. The number of ether oxygens (including phenoxy) is 7. The maximum Gasteiger partial charge on any atom is 0.189 e. The predicted molar refractivity (Wildman–Crippen MR) is 213 cm³/mol. The number of aliphatic hydroxyl groups is 11. The minimum Gasteiger partial charge on any atom is -0.396 e. The minimum atomic E-state index is -1.95. The molecule has 18 heteroatoms. The maximum atomic E-state index is 11.9. The van der Waals surface area contributed by atoms with Crippen molar-refractivity contribution in [2.24, 2.45) is 46.3 Å². The Bertz CT molecular complexity index is 1590. The van der Waals surface area contributed by atoms with Crippen LogP contribution in [-0.4, -0.2) is 180 Å². The zero-order chi connectivity index (χ0) is 44.8. The van der Waals surface area contributed by atoms with Crippen molar-refractivity contribution < 1.29 is 89.3 Å². The summed E-state index contributed by atoms with van der Waals surface area (Å²) in [7, 11) is 0. The van der Waals surface area contributed by atoms with Gasteiger partial charge in [0.15, 0.2) is 30.9 Å². The molecule has 0 aromatic carbocycles. The highest BCUT2D eigenvalue weighted by molar-refractivity contribution is 5.26. The average molecular weight is 889 g/mol. The summed E-state index contributed by atoms with van der Waals surface area (Å²) >= 11 is 0. The molecule has 0 spiro atoms. The highest BCUT2D eigenvalue weighted by Crippen LogP contribution is 2.70. The zero-order valence-corrected chi connectivity index (χ0v) is 36.4. The summed E-state index contributed by atoms with van der Waals surface area (Å²) in [5, 5.41) is 117. The molecule has 0 aromatic heterocycles. The van der Waals surface area contributed by atoms with Crippen LogP contribution in [0.4, 0.5) is 0 Å². The number of allylic oxidation sites excluding steroid dienone is 1. The van der Waals surface area contributed by atoms with E-state index in [1.54, 1.807) is 0 Å². The van der Waals surface area contributed by atoms with E-state index in [1.165, 1.54) is 12.5 Å². The number of aliphatic hydroxyl groups excluding tert-OH is 10. The quantitative estimate of drug-likeness (QED) is 0.112. The summed E-state index contributed by atoms with van der Waals surface area (Å²) in [6.45, 7) is 9.75. The van der Waals surface area contributed by atoms with Gasteiger partial charge in [-0.1, -0.05) is 39.3 Å². The van der Waals surface area contributed by atoms with Crippen LogP contribution in [0.5, 0.6) is 0 Å².